The van der Waals surface area contributed by atoms with Crippen molar-refractivity contribution in [1.82, 2.24) is 4.31 Å². The van der Waals surface area contributed by atoms with Crippen molar-refractivity contribution in [3.8, 4) is 0 Å². The van der Waals surface area contributed by atoms with Crippen molar-refractivity contribution in [2.75, 3.05) is 36.9 Å². The van der Waals surface area contributed by atoms with Gasteiger partial charge in [-0.25, -0.2) is 8.42 Å². The Morgan fingerprint density at radius 3 is 2.36 bits per heavy atom. The third-order valence-electron chi connectivity index (χ3n) is 4.69. The monoisotopic (exact) mass is 485 g/mol. The second-order valence-corrected chi connectivity index (χ2v) is 9.53. The summed E-state index contributed by atoms with van der Waals surface area (Å²) >= 11 is 3.35. The smallest absolute Gasteiger partial charge is 0.381 e. The maximum absolute atomic E-state index is 12.7. The maximum atomic E-state index is 12.7. The van der Waals surface area contributed by atoms with E-state index in [2.05, 4.69) is 26.6 Å². The number of benzene rings is 1. The number of alkyl halides is 3. The molecule has 0 radical (unpaired) electrons. The van der Waals surface area contributed by atoms with E-state index in [0.29, 0.717) is 28.9 Å². The Morgan fingerprint density at radius 1 is 1.18 bits per heavy atom. The SMILES string of the molecule is O=C(Nc1ccc(Br)cc1NC1CCN(S(=O)(=O)C(F)(F)F)CC1)C1COC1. The van der Waals surface area contributed by atoms with Crippen LogP contribution in [0, 0.1) is 5.92 Å². The highest BCUT2D eigenvalue weighted by Crippen LogP contribution is 2.32. The molecule has 2 aliphatic heterocycles. The quantitative estimate of drug-likeness (QED) is 0.669. The van der Waals surface area contributed by atoms with Crippen LogP contribution < -0.4 is 10.6 Å². The molecule has 7 nitrogen and oxygen atoms in total. The van der Waals surface area contributed by atoms with Gasteiger partial charge in [-0.3, -0.25) is 4.79 Å². The van der Waals surface area contributed by atoms with Crippen LogP contribution in [0.5, 0.6) is 0 Å². The largest absolute Gasteiger partial charge is 0.511 e. The molecular weight excluding hydrogens is 467 g/mol. The number of nitrogens with one attached hydrogen (secondary N) is 2. The molecule has 0 atom stereocenters. The molecule has 2 saturated heterocycles. The standard InChI is InChI=1S/C16H19BrF3N3O4S/c17-11-1-2-13(22-15(24)10-8-27-9-10)14(7-11)21-12-3-5-23(6-4-12)28(25,26)16(18,19)20/h1-2,7,10,12,21H,3-6,8-9H2,(H,22,24). The second-order valence-electron chi connectivity index (χ2n) is 6.68. The summed E-state index contributed by atoms with van der Waals surface area (Å²) in [6.07, 6.45) is 0.428. The Balaban J connectivity index is 1.64. The van der Waals surface area contributed by atoms with E-state index in [9.17, 15) is 26.4 Å². The summed E-state index contributed by atoms with van der Waals surface area (Å²) in [5.41, 5.74) is -4.13. The van der Waals surface area contributed by atoms with Gasteiger partial charge in [0.2, 0.25) is 5.91 Å². The van der Waals surface area contributed by atoms with Crippen molar-refractivity contribution in [3.05, 3.63) is 22.7 Å². The van der Waals surface area contributed by atoms with Gasteiger partial charge in [-0.1, -0.05) is 15.9 Å². The predicted octanol–water partition coefficient (Wildman–Crippen LogP) is 2.76. The lowest BCUT2D eigenvalue weighted by molar-refractivity contribution is -0.133. The number of hydrogen-bond donors (Lipinski definition) is 2. The van der Waals surface area contributed by atoms with E-state index in [1.165, 1.54) is 0 Å². The van der Waals surface area contributed by atoms with Gasteiger partial charge in [0.1, 0.15) is 0 Å². The number of piperidine rings is 1. The second kappa shape index (κ2) is 8.17. The third-order valence-corrected chi connectivity index (χ3v) is 6.82. The van der Waals surface area contributed by atoms with Crippen LogP contribution in [-0.4, -0.2) is 56.5 Å². The molecule has 3 rings (SSSR count). The molecule has 1 aromatic carbocycles. The minimum absolute atomic E-state index is 0.164. The highest BCUT2D eigenvalue weighted by molar-refractivity contribution is 9.10. The Morgan fingerprint density at radius 2 is 1.82 bits per heavy atom. The predicted molar refractivity (Wildman–Crippen MR) is 100 cm³/mol. The van der Waals surface area contributed by atoms with E-state index in [4.69, 9.17) is 4.74 Å². The summed E-state index contributed by atoms with van der Waals surface area (Å²) < 4.78 is 67.3. The van der Waals surface area contributed by atoms with Crippen LogP contribution in [-0.2, 0) is 19.6 Å². The van der Waals surface area contributed by atoms with Crippen molar-refractivity contribution < 1.29 is 31.1 Å². The van der Waals surface area contributed by atoms with Gasteiger partial charge in [-0.2, -0.15) is 17.5 Å². The van der Waals surface area contributed by atoms with Crippen molar-refractivity contribution in [3.63, 3.8) is 0 Å². The minimum atomic E-state index is -5.30. The molecule has 0 unspecified atom stereocenters. The number of halogens is 4. The average molecular weight is 486 g/mol. The van der Waals surface area contributed by atoms with Gasteiger partial charge >= 0.3 is 15.5 Å². The van der Waals surface area contributed by atoms with E-state index in [1.54, 1.807) is 18.2 Å². The summed E-state index contributed by atoms with van der Waals surface area (Å²) in [7, 11) is -5.30. The summed E-state index contributed by atoms with van der Waals surface area (Å²) in [5.74, 6) is -0.366. The molecule has 2 fully saturated rings. The van der Waals surface area contributed by atoms with Crippen molar-refractivity contribution in [2.24, 2.45) is 5.92 Å². The van der Waals surface area contributed by atoms with Crippen LogP contribution in [0.1, 0.15) is 12.8 Å². The van der Waals surface area contributed by atoms with Gasteiger partial charge < -0.3 is 15.4 Å². The van der Waals surface area contributed by atoms with E-state index in [0.717, 1.165) is 4.47 Å². The van der Waals surface area contributed by atoms with Gasteiger partial charge in [0.05, 0.1) is 30.5 Å². The molecule has 1 amide bonds. The average Bonchev–Trinajstić information content (AvgIpc) is 2.55. The van der Waals surface area contributed by atoms with Gasteiger partial charge in [0.25, 0.3) is 0 Å². The number of carbonyl (C=O) groups excluding carboxylic acids is 1. The first-order chi connectivity index (χ1) is 13.1. The minimum Gasteiger partial charge on any atom is -0.381 e. The molecule has 28 heavy (non-hydrogen) atoms. The molecule has 12 heteroatoms. The summed E-state index contributed by atoms with van der Waals surface area (Å²) in [6, 6.07) is 5.01. The molecule has 2 aliphatic rings. The summed E-state index contributed by atoms with van der Waals surface area (Å²) in [4.78, 5) is 12.2. The first kappa shape index (κ1) is 21.3. The van der Waals surface area contributed by atoms with E-state index in [1.807, 2.05) is 0 Å². The molecule has 0 spiro atoms. The van der Waals surface area contributed by atoms with Crippen LogP contribution in [0.15, 0.2) is 22.7 Å². The molecular formula is C16H19BrF3N3O4S. The van der Waals surface area contributed by atoms with Gasteiger partial charge in [-0.05, 0) is 31.0 Å². The van der Waals surface area contributed by atoms with Crippen LogP contribution in [0.3, 0.4) is 0 Å². The summed E-state index contributed by atoms with van der Waals surface area (Å²) in [6.45, 7) is 0.289. The number of amides is 1. The normalized spacial score (nSPS) is 19.9. The molecule has 1 aromatic rings. The lowest BCUT2D eigenvalue weighted by Gasteiger charge is -2.33. The molecule has 0 saturated carbocycles. The molecule has 156 valence electrons. The zero-order valence-electron chi connectivity index (χ0n) is 14.6. The fraction of sp³-hybridized carbons (Fsp3) is 0.562. The highest BCUT2D eigenvalue weighted by Gasteiger charge is 2.50. The Kier molecular flexibility index (Phi) is 6.23. The first-order valence-corrected chi connectivity index (χ1v) is 10.8. The van der Waals surface area contributed by atoms with Crippen molar-refractivity contribution >= 4 is 43.2 Å². The maximum Gasteiger partial charge on any atom is 0.511 e. The fourth-order valence-electron chi connectivity index (χ4n) is 2.97. The van der Waals surface area contributed by atoms with Crippen molar-refractivity contribution in [2.45, 2.75) is 24.4 Å². The molecule has 2 N–H and O–H groups in total. The molecule has 0 aliphatic carbocycles. The number of carbonyl (C=O) groups is 1. The van der Waals surface area contributed by atoms with Crippen molar-refractivity contribution in [1.29, 1.82) is 0 Å². The topological polar surface area (TPSA) is 87.7 Å². The van der Waals surface area contributed by atoms with Crippen LogP contribution in [0.25, 0.3) is 0 Å². The molecule has 0 aromatic heterocycles. The van der Waals surface area contributed by atoms with Gasteiger partial charge in [0.15, 0.2) is 0 Å². The lowest BCUT2D eigenvalue weighted by atomic mass is 10.1. The zero-order chi connectivity index (χ0) is 20.5. The third kappa shape index (κ3) is 4.61. The Labute approximate surface area is 168 Å². The number of rotatable bonds is 5. The number of ether oxygens (including phenoxy) is 1. The Bertz CT molecular complexity index is 838. The van der Waals surface area contributed by atoms with E-state index in [-0.39, 0.29) is 43.8 Å². The molecule has 0 bridgehead atoms. The zero-order valence-corrected chi connectivity index (χ0v) is 17.0. The fourth-order valence-corrected chi connectivity index (χ4v) is 4.32. The van der Waals surface area contributed by atoms with Gasteiger partial charge in [-0.15, -0.1) is 0 Å². The lowest BCUT2D eigenvalue weighted by Crippen LogP contribution is -2.47. The summed E-state index contributed by atoms with van der Waals surface area (Å²) in [5, 5.41) is 6.03. The number of sulfonamides is 1. The number of hydrogen-bond acceptors (Lipinski definition) is 5. The first-order valence-electron chi connectivity index (χ1n) is 8.59. The highest BCUT2D eigenvalue weighted by atomic mass is 79.9. The molecule has 2 heterocycles. The Hall–Kier alpha value is -1.37. The van der Waals surface area contributed by atoms with Crippen LogP contribution >= 0.6 is 15.9 Å². The van der Waals surface area contributed by atoms with E-state index < -0.39 is 15.5 Å². The van der Waals surface area contributed by atoms with Crippen LogP contribution in [0.2, 0.25) is 0 Å². The number of anilines is 2. The van der Waals surface area contributed by atoms with Gasteiger partial charge in [0, 0.05) is 23.6 Å². The van der Waals surface area contributed by atoms with Crippen LogP contribution in [0.4, 0.5) is 24.5 Å². The van der Waals surface area contributed by atoms with E-state index >= 15 is 0 Å². The number of nitrogens with zero attached hydrogens (tertiary/aromatic N) is 1.